The minimum atomic E-state index is 0.0737. The lowest BCUT2D eigenvalue weighted by Gasteiger charge is -2.22. The highest BCUT2D eigenvalue weighted by Crippen LogP contribution is 2.14. The van der Waals surface area contributed by atoms with Crippen molar-refractivity contribution in [2.45, 2.75) is 129 Å². The molecular weight excluding hydrogens is 320 g/mol. The first kappa shape index (κ1) is 23.5. The summed E-state index contributed by atoms with van der Waals surface area (Å²) >= 11 is 0. The summed E-state index contributed by atoms with van der Waals surface area (Å²) in [7, 11) is 0. The summed E-state index contributed by atoms with van der Waals surface area (Å²) in [5.74, 6) is 6.69. The molecule has 0 amide bonds. The Labute approximate surface area is 163 Å². The van der Waals surface area contributed by atoms with E-state index in [2.05, 4.69) is 18.8 Å². The lowest BCUT2D eigenvalue weighted by molar-refractivity contribution is -0.162. The van der Waals surface area contributed by atoms with Crippen LogP contribution in [0.3, 0.4) is 0 Å². The fourth-order valence-electron chi connectivity index (χ4n) is 3.43. The zero-order valence-electron chi connectivity index (χ0n) is 17.5. The Morgan fingerprint density at radius 3 is 1.88 bits per heavy atom. The second-order valence-corrected chi connectivity index (χ2v) is 7.76. The van der Waals surface area contributed by atoms with E-state index >= 15 is 0 Å². The Hall–Kier alpha value is -0.520. The standard InChI is InChI=1S/C24H44O2/c1-2-3-4-5-6-7-8-9-10-11-12-13-14-15-16-17-19-22-25-24-21-18-20-23-26-24/h24H,2-12,15-23H2,1H3. The Morgan fingerprint density at radius 2 is 1.31 bits per heavy atom. The van der Waals surface area contributed by atoms with Gasteiger partial charge in [0.15, 0.2) is 6.29 Å². The summed E-state index contributed by atoms with van der Waals surface area (Å²) in [5, 5.41) is 0. The molecule has 2 nitrogen and oxygen atoms in total. The predicted octanol–water partition coefficient (Wildman–Crippen LogP) is 7.40. The molecular formula is C24H44O2. The van der Waals surface area contributed by atoms with Gasteiger partial charge in [0.25, 0.3) is 0 Å². The molecule has 0 aromatic rings. The van der Waals surface area contributed by atoms with Crippen molar-refractivity contribution in [2.24, 2.45) is 0 Å². The predicted molar refractivity (Wildman–Crippen MR) is 112 cm³/mol. The van der Waals surface area contributed by atoms with Gasteiger partial charge in [0, 0.05) is 26.1 Å². The number of unbranched alkanes of at least 4 members (excludes halogenated alkanes) is 13. The van der Waals surface area contributed by atoms with E-state index in [9.17, 15) is 0 Å². The molecule has 0 spiro atoms. The SMILES string of the molecule is CCCCCCCCCCCCC#CCCCCCOC1CCCCO1. The first-order valence-electron chi connectivity index (χ1n) is 11.6. The van der Waals surface area contributed by atoms with Crippen molar-refractivity contribution >= 4 is 0 Å². The smallest absolute Gasteiger partial charge is 0.157 e. The molecule has 26 heavy (non-hydrogen) atoms. The molecule has 0 bridgehead atoms. The van der Waals surface area contributed by atoms with Gasteiger partial charge in [-0.25, -0.2) is 0 Å². The summed E-state index contributed by atoms with van der Waals surface area (Å²) < 4.78 is 11.3. The summed E-state index contributed by atoms with van der Waals surface area (Å²) in [6, 6.07) is 0. The molecule has 0 aromatic heterocycles. The van der Waals surface area contributed by atoms with Gasteiger partial charge in [0.1, 0.15) is 0 Å². The maximum Gasteiger partial charge on any atom is 0.157 e. The highest BCUT2D eigenvalue weighted by molar-refractivity contribution is 4.98. The molecule has 0 N–H and O–H groups in total. The van der Waals surface area contributed by atoms with Gasteiger partial charge >= 0.3 is 0 Å². The van der Waals surface area contributed by atoms with Crippen LogP contribution in [0.4, 0.5) is 0 Å². The van der Waals surface area contributed by atoms with E-state index in [1.54, 1.807) is 0 Å². The van der Waals surface area contributed by atoms with Crippen LogP contribution in [0, 0.1) is 11.8 Å². The van der Waals surface area contributed by atoms with Crippen molar-refractivity contribution in [3.63, 3.8) is 0 Å². The summed E-state index contributed by atoms with van der Waals surface area (Å²) in [6.07, 6.45) is 23.3. The van der Waals surface area contributed by atoms with Gasteiger partial charge in [0.05, 0.1) is 0 Å². The third kappa shape index (κ3) is 15.7. The van der Waals surface area contributed by atoms with Crippen molar-refractivity contribution in [1.82, 2.24) is 0 Å². The van der Waals surface area contributed by atoms with Gasteiger partial charge in [-0.2, -0.15) is 0 Å². The summed E-state index contributed by atoms with van der Waals surface area (Å²) in [5.41, 5.74) is 0. The molecule has 1 aliphatic heterocycles. The summed E-state index contributed by atoms with van der Waals surface area (Å²) in [6.45, 7) is 4.00. The maximum absolute atomic E-state index is 5.75. The highest BCUT2D eigenvalue weighted by Gasteiger charge is 2.13. The Kier molecular flexibility index (Phi) is 17.4. The molecule has 1 atom stereocenters. The number of hydrogen-bond donors (Lipinski definition) is 0. The molecule has 1 saturated heterocycles. The first-order chi connectivity index (χ1) is 12.9. The van der Waals surface area contributed by atoms with Gasteiger partial charge in [-0.05, 0) is 38.5 Å². The van der Waals surface area contributed by atoms with Gasteiger partial charge in [-0.1, -0.05) is 71.1 Å². The maximum atomic E-state index is 5.75. The zero-order chi connectivity index (χ0) is 18.5. The molecule has 1 heterocycles. The fraction of sp³-hybridized carbons (Fsp3) is 0.917. The van der Waals surface area contributed by atoms with E-state index in [0.717, 1.165) is 38.9 Å². The normalized spacial score (nSPS) is 17.0. The van der Waals surface area contributed by atoms with Crippen molar-refractivity contribution in [2.75, 3.05) is 13.2 Å². The largest absolute Gasteiger partial charge is 0.353 e. The van der Waals surface area contributed by atoms with Gasteiger partial charge < -0.3 is 9.47 Å². The third-order valence-electron chi connectivity index (χ3n) is 5.17. The molecule has 0 radical (unpaired) electrons. The molecule has 0 aromatic carbocycles. The van der Waals surface area contributed by atoms with Crippen molar-refractivity contribution in [1.29, 1.82) is 0 Å². The van der Waals surface area contributed by atoms with Crippen LogP contribution in [0.15, 0.2) is 0 Å². The highest BCUT2D eigenvalue weighted by atomic mass is 16.7. The Balaban J connectivity index is 1.72. The molecule has 0 aliphatic carbocycles. The second-order valence-electron chi connectivity index (χ2n) is 7.76. The Morgan fingerprint density at radius 1 is 0.731 bits per heavy atom. The van der Waals surface area contributed by atoms with Gasteiger partial charge in [-0.3, -0.25) is 0 Å². The minimum absolute atomic E-state index is 0.0737. The molecule has 0 saturated carbocycles. The van der Waals surface area contributed by atoms with Crippen molar-refractivity contribution in [3.8, 4) is 11.8 Å². The van der Waals surface area contributed by atoms with Crippen LogP contribution < -0.4 is 0 Å². The molecule has 1 unspecified atom stereocenters. The lowest BCUT2D eigenvalue weighted by Crippen LogP contribution is -2.22. The van der Waals surface area contributed by atoms with Crippen molar-refractivity contribution in [3.05, 3.63) is 0 Å². The fourth-order valence-corrected chi connectivity index (χ4v) is 3.43. The minimum Gasteiger partial charge on any atom is -0.353 e. The van der Waals surface area contributed by atoms with E-state index < -0.39 is 0 Å². The van der Waals surface area contributed by atoms with Crippen LogP contribution in [0.2, 0.25) is 0 Å². The van der Waals surface area contributed by atoms with E-state index in [4.69, 9.17) is 9.47 Å². The molecule has 2 heteroatoms. The van der Waals surface area contributed by atoms with E-state index in [-0.39, 0.29) is 6.29 Å². The average molecular weight is 365 g/mol. The lowest BCUT2D eigenvalue weighted by atomic mass is 10.1. The van der Waals surface area contributed by atoms with E-state index in [0.29, 0.717) is 0 Å². The van der Waals surface area contributed by atoms with Crippen LogP contribution >= 0.6 is 0 Å². The molecule has 1 rings (SSSR count). The quantitative estimate of drug-likeness (QED) is 0.210. The number of ether oxygens (including phenoxy) is 2. The van der Waals surface area contributed by atoms with Crippen molar-refractivity contribution < 1.29 is 9.47 Å². The number of rotatable bonds is 16. The molecule has 1 fully saturated rings. The second kappa shape index (κ2) is 19.2. The molecule has 152 valence electrons. The van der Waals surface area contributed by atoms with Crippen LogP contribution in [0.1, 0.15) is 122 Å². The van der Waals surface area contributed by atoms with Crippen LogP contribution in [0.25, 0.3) is 0 Å². The van der Waals surface area contributed by atoms with Gasteiger partial charge in [-0.15, -0.1) is 11.8 Å². The zero-order valence-corrected chi connectivity index (χ0v) is 17.5. The number of hydrogen-bond acceptors (Lipinski definition) is 2. The first-order valence-corrected chi connectivity index (χ1v) is 11.6. The van der Waals surface area contributed by atoms with Crippen LogP contribution in [-0.4, -0.2) is 19.5 Å². The average Bonchev–Trinajstić information content (AvgIpc) is 2.68. The molecule has 1 aliphatic rings. The van der Waals surface area contributed by atoms with Crippen LogP contribution in [-0.2, 0) is 9.47 Å². The third-order valence-corrected chi connectivity index (χ3v) is 5.17. The van der Waals surface area contributed by atoms with E-state index in [1.807, 2.05) is 0 Å². The Bertz CT molecular complexity index is 336. The van der Waals surface area contributed by atoms with Crippen LogP contribution in [0.5, 0.6) is 0 Å². The van der Waals surface area contributed by atoms with E-state index in [1.165, 1.54) is 89.9 Å². The topological polar surface area (TPSA) is 18.5 Å². The monoisotopic (exact) mass is 364 g/mol. The summed E-state index contributed by atoms with van der Waals surface area (Å²) in [4.78, 5) is 0. The van der Waals surface area contributed by atoms with Gasteiger partial charge in [0.2, 0.25) is 0 Å².